The summed E-state index contributed by atoms with van der Waals surface area (Å²) >= 11 is 0. The Morgan fingerprint density at radius 3 is 2.50 bits per heavy atom. The summed E-state index contributed by atoms with van der Waals surface area (Å²) in [7, 11) is 0. The molecule has 0 aliphatic carbocycles. The molecule has 2 nitrogen and oxygen atoms in total. The van der Waals surface area contributed by atoms with Gasteiger partial charge in [0, 0.05) is 0 Å². The van der Waals surface area contributed by atoms with Gasteiger partial charge in [-0.15, -0.1) is 0 Å². The highest BCUT2D eigenvalue weighted by molar-refractivity contribution is 5.17. The van der Waals surface area contributed by atoms with Crippen LogP contribution in [-0.4, -0.2) is 6.73 Å². The summed E-state index contributed by atoms with van der Waals surface area (Å²) in [5.74, 6) is 0. The number of nitrogens with one attached hydrogen (secondary N) is 1. The average molecular weight is 135 g/mol. The van der Waals surface area contributed by atoms with E-state index in [1.807, 2.05) is 18.2 Å². The summed E-state index contributed by atoms with van der Waals surface area (Å²) in [4.78, 5) is 0. The maximum absolute atomic E-state index is 5.21. The zero-order valence-electron chi connectivity index (χ0n) is 5.58. The van der Waals surface area contributed by atoms with E-state index in [1.54, 1.807) is 0 Å². The van der Waals surface area contributed by atoms with Gasteiger partial charge in [-0.1, -0.05) is 30.3 Å². The standard InChI is InChI=1S/C8H9NO/c1-2-4-7(5-3-1)8-9-6-10-8/h1-5,8-9H,6H2. The quantitative estimate of drug-likeness (QED) is 0.626. The zero-order valence-corrected chi connectivity index (χ0v) is 5.58. The molecule has 0 saturated carbocycles. The molecule has 1 saturated heterocycles. The van der Waals surface area contributed by atoms with Gasteiger partial charge < -0.3 is 4.74 Å². The fourth-order valence-corrected chi connectivity index (χ4v) is 1.01. The van der Waals surface area contributed by atoms with Crippen molar-refractivity contribution in [2.75, 3.05) is 6.73 Å². The molecule has 1 aliphatic rings. The second-order valence-electron chi connectivity index (χ2n) is 2.31. The maximum atomic E-state index is 5.21. The van der Waals surface area contributed by atoms with Crippen molar-refractivity contribution < 1.29 is 4.74 Å². The minimum absolute atomic E-state index is 0.140. The van der Waals surface area contributed by atoms with Crippen LogP contribution in [0.5, 0.6) is 0 Å². The van der Waals surface area contributed by atoms with Crippen LogP contribution in [0.3, 0.4) is 0 Å². The molecule has 2 heteroatoms. The van der Waals surface area contributed by atoms with Crippen molar-refractivity contribution in [3.8, 4) is 0 Å². The Labute approximate surface area is 59.8 Å². The van der Waals surface area contributed by atoms with Crippen LogP contribution in [0.15, 0.2) is 30.3 Å². The molecule has 1 aliphatic heterocycles. The predicted octanol–water partition coefficient (Wildman–Crippen LogP) is 1.26. The lowest BCUT2D eigenvalue weighted by Gasteiger charge is -2.28. The van der Waals surface area contributed by atoms with Gasteiger partial charge in [0.1, 0.15) is 13.0 Å². The molecule has 1 aromatic rings. The van der Waals surface area contributed by atoms with Crippen molar-refractivity contribution in [3.05, 3.63) is 35.9 Å². The lowest BCUT2D eigenvalue weighted by molar-refractivity contribution is -0.0917. The van der Waals surface area contributed by atoms with Gasteiger partial charge in [0.2, 0.25) is 0 Å². The Morgan fingerprint density at radius 1 is 1.30 bits per heavy atom. The molecule has 1 heterocycles. The van der Waals surface area contributed by atoms with E-state index in [9.17, 15) is 0 Å². The molecule has 0 spiro atoms. The first kappa shape index (κ1) is 5.89. The number of hydrogen-bond donors (Lipinski definition) is 1. The summed E-state index contributed by atoms with van der Waals surface area (Å²) in [5, 5.41) is 3.14. The largest absolute Gasteiger partial charge is 0.344 e. The molecule has 0 aromatic heterocycles. The van der Waals surface area contributed by atoms with Crippen LogP contribution >= 0.6 is 0 Å². The molecule has 0 bridgehead atoms. The lowest BCUT2D eigenvalue weighted by Crippen LogP contribution is -2.37. The van der Waals surface area contributed by atoms with Crippen molar-refractivity contribution in [2.24, 2.45) is 0 Å². The molecule has 1 atom stereocenters. The van der Waals surface area contributed by atoms with Crippen LogP contribution in [0, 0.1) is 0 Å². The highest BCUT2D eigenvalue weighted by atomic mass is 16.6. The van der Waals surface area contributed by atoms with Crippen molar-refractivity contribution in [1.29, 1.82) is 0 Å². The number of ether oxygens (including phenoxy) is 1. The first-order valence-corrected chi connectivity index (χ1v) is 3.37. The highest BCUT2D eigenvalue weighted by Gasteiger charge is 2.17. The fourth-order valence-electron chi connectivity index (χ4n) is 1.01. The monoisotopic (exact) mass is 135 g/mol. The van der Waals surface area contributed by atoms with Gasteiger partial charge in [-0.05, 0) is 5.56 Å². The highest BCUT2D eigenvalue weighted by Crippen LogP contribution is 2.18. The second-order valence-corrected chi connectivity index (χ2v) is 2.31. The van der Waals surface area contributed by atoms with Crippen LogP contribution in [0.25, 0.3) is 0 Å². The van der Waals surface area contributed by atoms with E-state index in [0.717, 1.165) is 0 Å². The Hall–Kier alpha value is -0.860. The Bertz CT molecular complexity index is 206. The summed E-state index contributed by atoms with van der Waals surface area (Å²) in [6, 6.07) is 10.1. The normalized spacial score (nSPS) is 23.8. The third-order valence-corrected chi connectivity index (χ3v) is 1.62. The predicted molar refractivity (Wildman–Crippen MR) is 38.3 cm³/mol. The first-order chi connectivity index (χ1) is 4.97. The van der Waals surface area contributed by atoms with E-state index in [1.165, 1.54) is 5.56 Å². The molecule has 0 radical (unpaired) electrons. The molecule has 52 valence electrons. The van der Waals surface area contributed by atoms with Gasteiger partial charge in [0.15, 0.2) is 0 Å². The van der Waals surface area contributed by atoms with Crippen molar-refractivity contribution in [2.45, 2.75) is 6.23 Å². The minimum Gasteiger partial charge on any atom is -0.344 e. The third-order valence-electron chi connectivity index (χ3n) is 1.62. The average Bonchev–Trinajstić information content (AvgIpc) is 1.86. The molecule has 2 rings (SSSR count). The van der Waals surface area contributed by atoms with Gasteiger partial charge in [0.25, 0.3) is 0 Å². The van der Waals surface area contributed by atoms with E-state index < -0.39 is 0 Å². The van der Waals surface area contributed by atoms with Gasteiger partial charge in [-0.3, -0.25) is 5.32 Å². The van der Waals surface area contributed by atoms with Crippen LogP contribution in [0.1, 0.15) is 11.8 Å². The summed E-state index contributed by atoms with van der Waals surface area (Å²) < 4.78 is 5.21. The van der Waals surface area contributed by atoms with E-state index >= 15 is 0 Å². The molecule has 1 aromatic carbocycles. The zero-order chi connectivity index (χ0) is 6.81. The molecule has 1 fully saturated rings. The number of hydrogen-bond acceptors (Lipinski definition) is 2. The van der Waals surface area contributed by atoms with Gasteiger partial charge >= 0.3 is 0 Å². The van der Waals surface area contributed by atoms with Gasteiger partial charge in [-0.25, -0.2) is 0 Å². The smallest absolute Gasteiger partial charge is 0.137 e. The van der Waals surface area contributed by atoms with E-state index in [2.05, 4.69) is 17.4 Å². The first-order valence-electron chi connectivity index (χ1n) is 3.37. The summed E-state index contributed by atoms with van der Waals surface area (Å²) in [6.45, 7) is 0.680. The van der Waals surface area contributed by atoms with Crippen LogP contribution in [-0.2, 0) is 4.74 Å². The lowest BCUT2D eigenvalue weighted by atomic mass is 10.2. The van der Waals surface area contributed by atoms with E-state index in [0.29, 0.717) is 6.73 Å². The van der Waals surface area contributed by atoms with Crippen molar-refractivity contribution in [3.63, 3.8) is 0 Å². The Kier molecular flexibility index (Phi) is 1.42. The maximum Gasteiger partial charge on any atom is 0.137 e. The van der Waals surface area contributed by atoms with Crippen LogP contribution in [0.2, 0.25) is 0 Å². The Balaban J connectivity index is 2.18. The van der Waals surface area contributed by atoms with Crippen molar-refractivity contribution in [1.82, 2.24) is 5.32 Å². The number of benzene rings is 1. The van der Waals surface area contributed by atoms with Crippen molar-refractivity contribution >= 4 is 0 Å². The topological polar surface area (TPSA) is 21.3 Å². The third kappa shape index (κ3) is 0.916. The van der Waals surface area contributed by atoms with Gasteiger partial charge in [0.05, 0.1) is 0 Å². The molecular formula is C8H9NO. The van der Waals surface area contributed by atoms with E-state index in [4.69, 9.17) is 4.74 Å². The minimum atomic E-state index is 0.140. The molecular weight excluding hydrogens is 126 g/mol. The SMILES string of the molecule is c1ccc(C2NCO2)cc1. The molecule has 10 heavy (non-hydrogen) atoms. The summed E-state index contributed by atoms with van der Waals surface area (Å²) in [6.07, 6.45) is 0.140. The van der Waals surface area contributed by atoms with Crippen LogP contribution in [0.4, 0.5) is 0 Å². The second kappa shape index (κ2) is 2.40. The Morgan fingerprint density at radius 2 is 2.00 bits per heavy atom. The fraction of sp³-hybridized carbons (Fsp3) is 0.250. The van der Waals surface area contributed by atoms with E-state index in [-0.39, 0.29) is 6.23 Å². The molecule has 1 unspecified atom stereocenters. The van der Waals surface area contributed by atoms with Gasteiger partial charge in [-0.2, -0.15) is 0 Å². The molecule has 1 N–H and O–H groups in total. The van der Waals surface area contributed by atoms with Crippen LogP contribution < -0.4 is 5.32 Å². The molecule has 0 amide bonds. The summed E-state index contributed by atoms with van der Waals surface area (Å²) in [5.41, 5.74) is 1.20. The number of rotatable bonds is 1.